The number of rotatable bonds is 6. The molecule has 0 amide bonds. The first kappa shape index (κ1) is 22.0. The van der Waals surface area contributed by atoms with E-state index in [1.807, 2.05) is 6.92 Å². The molecule has 0 spiro atoms. The van der Waals surface area contributed by atoms with Gasteiger partial charge in [0.2, 0.25) is 0 Å². The third-order valence-electron chi connectivity index (χ3n) is 6.06. The summed E-state index contributed by atoms with van der Waals surface area (Å²) in [5.41, 5.74) is 0.473. The number of benzene rings is 1. The topological polar surface area (TPSA) is 80.0 Å². The van der Waals surface area contributed by atoms with Crippen molar-refractivity contribution in [2.24, 2.45) is 0 Å². The van der Waals surface area contributed by atoms with Crippen LogP contribution in [0.15, 0.2) is 35.3 Å². The van der Waals surface area contributed by atoms with E-state index in [1.165, 1.54) is 32.0 Å². The van der Waals surface area contributed by atoms with Gasteiger partial charge in [-0.05, 0) is 43.9 Å². The first-order chi connectivity index (χ1) is 16.1. The van der Waals surface area contributed by atoms with E-state index in [2.05, 4.69) is 39.0 Å². The van der Waals surface area contributed by atoms with E-state index in [-0.39, 0.29) is 17.7 Å². The maximum absolute atomic E-state index is 12.8. The Hall–Kier alpha value is -2.82. The summed E-state index contributed by atoms with van der Waals surface area (Å²) in [7, 11) is 0. The summed E-state index contributed by atoms with van der Waals surface area (Å²) in [5, 5.41) is 1.23. The summed E-state index contributed by atoms with van der Waals surface area (Å²) in [5.74, 6) is 0.473. The number of aromatic nitrogens is 3. The molecule has 1 aromatic carbocycles. The highest BCUT2D eigenvalue weighted by Gasteiger charge is 2.22. The molecule has 3 aromatic heterocycles. The van der Waals surface area contributed by atoms with Crippen LogP contribution >= 0.6 is 22.9 Å². The number of hydrogen-bond donors (Lipinski definition) is 0. The number of anilines is 1. The zero-order valence-electron chi connectivity index (χ0n) is 18.6. The van der Waals surface area contributed by atoms with E-state index in [0.717, 1.165) is 55.5 Å². The van der Waals surface area contributed by atoms with Crippen LogP contribution in [0.3, 0.4) is 0 Å². The third kappa shape index (κ3) is 4.14. The minimum atomic E-state index is -0.623. The van der Waals surface area contributed by atoms with Gasteiger partial charge < -0.3 is 9.64 Å². The molecule has 0 unspecified atom stereocenters. The predicted molar refractivity (Wildman–Crippen MR) is 132 cm³/mol. The van der Waals surface area contributed by atoms with Gasteiger partial charge in [0, 0.05) is 48.7 Å². The fourth-order valence-electron chi connectivity index (χ4n) is 4.24. The first-order valence-electron chi connectivity index (χ1n) is 11.1. The van der Waals surface area contributed by atoms with E-state index in [4.69, 9.17) is 9.11 Å². The maximum Gasteiger partial charge on any atom is 0.345 e. The maximum atomic E-state index is 12.8. The highest BCUT2D eigenvalue weighted by molar-refractivity contribution is 7.17. The van der Waals surface area contributed by atoms with Crippen molar-refractivity contribution in [1.29, 1.82) is 0 Å². The van der Waals surface area contributed by atoms with E-state index in [9.17, 15) is 9.59 Å². The molecule has 1 aliphatic rings. The summed E-state index contributed by atoms with van der Waals surface area (Å²) < 4.78 is 12.4. The number of aryl methyl sites for hydroxylation is 1. The lowest BCUT2D eigenvalue weighted by molar-refractivity contribution is 0.0523. The Morgan fingerprint density at radius 2 is 1.97 bits per heavy atom. The number of thiazole rings is 1. The standard InChI is InChI=1S/C23H25N5O3S2/c1-3-31-22(30)17-14-24-23-28(21(17)29)15(2)18(32-23)8-9-26-10-12-27(13-11-26)20-16-6-4-5-7-19(16)33-25-20/h4-7,14H,3,8-13H2,1-2H3. The predicted octanol–water partition coefficient (Wildman–Crippen LogP) is 3.22. The van der Waals surface area contributed by atoms with Gasteiger partial charge in [-0.15, -0.1) is 11.3 Å². The monoisotopic (exact) mass is 483 g/mol. The zero-order chi connectivity index (χ0) is 22.9. The summed E-state index contributed by atoms with van der Waals surface area (Å²) in [4.78, 5) is 35.8. The molecule has 172 valence electrons. The lowest BCUT2D eigenvalue weighted by atomic mass is 10.2. The van der Waals surface area contributed by atoms with Crippen molar-refractivity contribution in [2.45, 2.75) is 20.3 Å². The number of carbonyl (C=O) groups excluding carboxylic acids is 1. The molecular formula is C23H25N5O3S2. The third-order valence-corrected chi connectivity index (χ3v) is 8.10. The van der Waals surface area contributed by atoms with E-state index in [0.29, 0.717) is 4.96 Å². The quantitative estimate of drug-likeness (QED) is 0.390. The molecule has 0 radical (unpaired) electrons. The van der Waals surface area contributed by atoms with Gasteiger partial charge in [0.05, 0.1) is 17.5 Å². The number of piperazine rings is 1. The minimum absolute atomic E-state index is 0.0208. The molecule has 4 aromatic rings. The van der Waals surface area contributed by atoms with Crippen LogP contribution in [0, 0.1) is 6.92 Å². The Morgan fingerprint density at radius 3 is 2.76 bits per heavy atom. The van der Waals surface area contributed by atoms with Crippen molar-refractivity contribution in [2.75, 3.05) is 44.2 Å². The normalized spacial score (nSPS) is 14.9. The van der Waals surface area contributed by atoms with Gasteiger partial charge in [0.15, 0.2) is 4.96 Å². The average molecular weight is 484 g/mol. The smallest absolute Gasteiger partial charge is 0.345 e. The summed E-state index contributed by atoms with van der Waals surface area (Å²) in [6.07, 6.45) is 2.17. The molecule has 0 aliphatic carbocycles. The number of esters is 1. The number of carbonyl (C=O) groups is 1. The van der Waals surface area contributed by atoms with Crippen molar-refractivity contribution in [3.8, 4) is 0 Å². The molecule has 1 saturated heterocycles. The van der Waals surface area contributed by atoms with E-state index >= 15 is 0 Å². The Bertz CT molecular complexity index is 1370. The highest BCUT2D eigenvalue weighted by atomic mass is 32.1. The second kappa shape index (κ2) is 9.20. The SMILES string of the molecule is CCOC(=O)c1cnc2sc(CCN3CCN(c4nsc5ccccc45)CC3)c(C)n2c1=O. The van der Waals surface area contributed by atoms with Gasteiger partial charge in [-0.1, -0.05) is 12.1 Å². The minimum Gasteiger partial charge on any atom is -0.462 e. The van der Waals surface area contributed by atoms with Crippen LogP contribution < -0.4 is 10.5 Å². The summed E-state index contributed by atoms with van der Waals surface area (Å²) in [6.45, 7) is 8.62. The molecule has 1 fully saturated rings. The van der Waals surface area contributed by atoms with Crippen LogP contribution in [0.5, 0.6) is 0 Å². The molecule has 4 heterocycles. The lowest BCUT2D eigenvalue weighted by Crippen LogP contribution is -2.47. The van der Waals surface area contributed by atoms with Crippen LogP contribution in [-0.2, 0) is 11.2 Å². The summed E-state index contributed by atoms with van der Waals surface area (Å²) in [6, 6.07) is 8.39. The molecule has 5 rings (SSSR count). The zero-order valence-corrected chi connectivity index (χ0v) is 20.2. The first-order valence-corrected chi connectivity index (χ1v) is 12.6. The van der Waals surface area contributed by atoms with Crippen molar-refractivity contribution < 1.29 is 9.53 Å². The van der Waals surface area contributed by atoms with Gasteiger partial charge in [-0.3, -0.25) is 14.1 Å². The van der Waals surface area contributed by atoms with Gasteiger partial charge in [0.25, 0.3) is 5.56 Å². The Labute approximate surface area is 199 Å². The lowest BCUT2D eigenvalue weighted by Gasteiger charge is -2.35. The molecule has 0 atom stereocenters. The number of nitrogens with zero attached hydrogens (tertiary/aromatic N) is 5. The summed E-state index contributed by atoms with van der Waals surface area (Å²) >= 11 is 3.07. The van der Waals surface area contributed by atoms with Crippen molar-refractivity contribution >= 4 is 49.7 Å². The van der Waals surface area contributed by atoms with Gasteiger partial charge in [-0.25, -0.2) is 9.78 Å². The second-order valence-corrected chi connectivity index (χ2v) is 9.87. The Kier molecular flexibility index (Phi) is 6.13. The van der Waals surface area contributed by atoms with Crippen LogP contribution in [0.25, 0.3) is 15.0 Å². The number of hydrogen-bond acceptors (Lipinski definition) is 9. The molecule has 0 N–H and O–H groups in total. The van der Waals surface area contributed by atoms with E-state index < -0.39 is 5.97 Å². The van der Waals surface area contributed by atoms with Gasteiger partial charge in [-0.2, -0.15) is 4.37 Å². The fourth-order valence-corrected chi connectivity index (χ4v) is 6.11. The van der Waals surface area contributed by atoms with Crippen LogP contribution in [-0.4, -0.2) is 64.0 Å². The Morgan fingerprint density at radius 1 is 1.18 bits per heavy atom. The number of fused-ring (bicyclic) bond motifs is 2. The molecule has 0 saturated carbocycles. The molecular weight excluding hydrogens is 458 g/mol. The second-order valence-electron chi connectivity index (χ2n) is 8.01. The fraction of sp³-hybridized carbons (Fsp3) is 0.391. The average Bonchev–Trinajstić information content (AvgIpc) is 3.40. The van der Waals surface area contributed by atoms with Crippen molar-refractivity contribution in [3.05, 3.63) is 57.0 Å². The molecule has 8 nitrogen and oxygen atoms in total. The number of ether oxygens (including phenoxy) is 1. The van der Waals surface area contributed by atoms with Gasteiger partial charge >= 0.3 is 5.97 Å². The van der Waals surface area contributed by atoms with Gasteiger partial charge in [0.1, 0.15) is 11.4 Å². The molecule has 1 aliphatic heterocycles. The molecule has 33 heavy (non-hydrogen) atoms. The van der Waals surface area contributed by atoms with Crippen LogP contribution in [0.2, 0.25) is 0 Å². The van der Waals surface area contributed by atoms with Crippen molar-refractivity contribution in [1.82, 2.24) is 18.7 Å². The van der Waals surface area contributed by atoms with Crippen LogP contribution in [0.1, 0.15) is 27.9 Å². The van der Waals surface area contributed by atoms with Crippen molar-refractivity contribution in [3.63, 3.8) is 0 Å². The van der Waals surface area contributed by atoms with E-state index in [1.54, 1.807) is 18.5 Å². The van der Waals surface area contributed by atoms with Crippen LogP contribution in [0.4, 0.5) is 5.82 Å². The molecule has 0 bridgehead atoms. The highest BCUT2D eigenvalue weighted by Crippen LogP contribution is 2.30. The Balaban J connectivity index is 1.25. The molecule has 10 heteroatoms. The largest absolute Gasteiger partial charge is 0.462 e.